The van der Waals surface area contributed by atoms with Crippen LogP contribution < -0.4 is 0 Å². The predicted octanol–water partition coefficient (Wildman–Crippen LogP) is 7.76. The Morgan fingerprint density at radius 2 is 1.05 bits per heavy atom. The summed E-state index contributed by atoms with van der Waals surface area (Å²) in [5, 5.41) is 39.9. The largest absolute Gasteiger partial charge is 0.462 e. The van der Waals surface area contributed by atoms with Crippen LogP contribution in [0.3, 0.4) is 0 Å². The van der Waals surface area contributed by atoms with Crippen molar-refractivity contribution in [3.63, 3.8) is 0 Å². The Hall–Kier alpha value is -3.64. The minimum Gasteiger partial charge on any atom is -0.462 e. The fourth-order valence-electron chi connectivity index (χ4n) is 5.07. The molecule has 0 spiro atoms. The molecule has 1 fully saturated rings. The number of rotatable bonds is 30. The Labute approximate surface area is 330 Å². The number of aliphatic hydroxyl groups excluding tert-OH is 4. The molecule has 0 bridgehead atoms. The predicted molar refractivity (Wildman–Crippen MR) is 219 cm³/mol. The molecule has 10 heteroatoms. The lowest BCUT2D eigenvalue weighted by Crippen LogP contribution is -2.59. The van der Waals surface area contributed by atoms with Crippen LogP contribution in [0, 0.1) is 0 Å². The third-order valence-corrected chi connectivity index (χ3v) is 8.19. The maximum atomic E-state index is 12.7. The second-order valence-corrected chi connectivity index (χ2v) is 13.0. The molecule has 308 valence electrons. The van der Waals surface area contributed by atoms with Gasteiger partial charge in [0, 0.05) is 6.42 Å². The van der Waals surface area contributed by atoms with E-state index in [2.05, 4.69) is 105 Å². The lowest BCUT2D eigenvalue weighted by Gasteiger charge is -2.39. The van der Waals surface area contributed by atoms with E-state index >= 15 is 0 Å². The summed E-state index contributed by atoms with van der Waals surface area (Å²) in [6.45, 7) is 3.01. The minimum atomic E-state index is -1.62. The minimum absolute atomic E-state index is 0.0185. The van der Waals surface area contributed by atoms with Gasteiger partial charge in [-0.25, -0.2) is 0 Å². The standard InChI is InChI=1S/C45H68O10/c1-3-5-7-9-11-13-15-17-19-21-23-25-27-29-31-33-40(47)52-36-38(37-53-45-44(51)43(50)42(49)39(35-46)55-45)54-41(48)34-32-30-28-26-24-22-20-18-16-14-12-10-8-6-4-2/h5-8,11-14,17-20,23-26,30,32,38-39,42-46,49-51H,3-4,9-10,15-16,21-22,27-29,31,33-37H2,1-2H3/b7-5-,8-6-,13-11-,14-12-,19-17-,20-18-,25-23-,26-24-,32-30-. The van der Waals surface area contributed by atoms with Crippen LogP contribution in [-0.2, 0) is 28.5 Å². The van der Waals surface area contributed by atoms with E-state index < -0.39 is 55.4 Å². The van der Waals surface area contributed by atoms with Gasteiger partial charge in [-0.05, 0) is 77.0 Å². The molecular weight excluding hydrogens is 700 g/mol. The van der Waals surface area contributed by atoms with Crippen LogP contribution in [0.25, 0.3) is 0 Å². The maximum Gasteiger partial charge on any atom is 0.310 e. The van der Waals surface area contributed by atoms with Crippen LogP contribution >= 0.6 is 0 Å². The molecule has 0 aromatic carbocycles. The molecular formula is C45H68O10. The summed E-state index contributed by atoms with van der Waals surface area (Å²) in [5.41, 5.74) is 0. The number of hydrogen-bond acceptors (Lipinski definition) is 10. The summed E-state index contributed by atoms with van der Waals surface area (Å²) in [6, 6.07) is 0. The normalized spacial score (nSPS) is 21.7. The summed E-state index contributed by atoms with van der Waals surface area (Å²) >= 11 is 0. The van der Waals surface area contributed by atoms with E-state index in [0.717, 1.165) is 64.2 Å². The highest BCUT2D eigenvalue weighted by atomic mass is 16.7. The van der Waals surface area contributed by atoms with Gasteiger partial charge in [-0.15, -0.1) is 0 Å². The second-order valence-electron chi connectivity index (χ2n) is 13.0. The van der Waals surface area contributed by atoms with Gasteiger partial charge >= 0.3 is 11.9 Å². The number of aliphatic hydroxyl groups is 4. The summed E-state index contributed by atoms with van der Waals surface area (Å²) in [5.74, 6) is -1.02. The lowest BCUT2D eigenvalue weighted by atomic mass is 9.99. The molecule has 0 amide bonds. The third-order valence-electron chi connectivity index (χ3n) is 8.19. The Bertz CT molecular complexity index is 1260. The SMILES string of the molecule is CC/C=C\C/C=C\C/C=C\C/C=C\C/C=C\CC(=O)OC(COC(=O)CCCC/C=C\C/C=C\C/C=C\C/C=C\CC)COC1OC(CO)C(O)C(O)C1O. The number of carbonyl (C=O) groups excluding carboxylic acids is 2. The number of unbranched alkanes of at least 4 members (excludes halogenated alkanes) is 2. The van der Waals surface area contributed by atoms with Gasteiger partial charge in [-0.1, -0.05) is 123 Å². The molecule has 1 aliphatic heterocycles. The number of carbonyl (C=O) groups is 2. The molecule has 1 saturated heterocycles. The zero-order chi connectivity index (χ0) is 40.2. The van der Waals surface area contributed by atoms with Gasteiger partial charge in [-0.2, -0.15) is 0 Å². The van der Waals surface area contributed by atoms with Crippen LogP contribution in [0.4, 0.5) is 0 Å². The first-order valence-corrected chi connectivity index (χ1v) is 20.0. The number of esters is 2. The Balaban J connectivity index is 2.50. The fraction of sp³-hybridized carbons (Fsp3) is 0.556. The van der Waals surface area contributed by atoms with E-state index in [1.807, 2.05) is 12.2 Å². The molecule has 1 heterocycles. The first kappa shape index (κ1) is 49.4. The maximum absolute atomic E-state index is 12.7. The van der Waals surface area contributed by atoms with Gasteiger partial charge in [0.2, 0.25) is 0 Å². The van der Waals surface area contributed by atoms with Gasteiger partial charge < -0.3 is 39.4 Å². The van der Waals surface area contributed by atoms with Crippen LogP contribution in [0.1, 0.15) is 104 Å². The molecule has 1 rings (SSSR count). The van der Waals surface area contributed by atoms with Crippen molar-refractivity contribution in [1.29, 1.82) is 0 Å². The Morgan fingerprint density at radius 3 is 1.55 bits per heavy atom. The highest BCUT2D eigenvalue weighted by Crippen LogP contribution is 2.22. The van der Waals surface area contributed by atoms with Gasteiger partial charge in [0.05, 0.1) is 19.6 Å². The number of hydrogen-bond donors (Lipinski definition) is 4. The molecule has 0 radical (unpaired) electrons. The summed E-state index contributed by atoms with van der Waals surface area (Å²) < 4.78 is 21.9. The van der Waals surface area contributed by atoms with E-state index in [4.69, 9.17) is 18.9 Å². The average Bonchev–Trinajstić information content (AvgIpc) is 3.18. The van der Waals surface area contributed by atoms with Gasteiger partial charge in [0.25, 0.3) is 0 Å². The molecule has 10 nitrogen and oxygen atoms in total. The van der Waals surface area contributed by atoms with Gasteiger partial charge in [0.1, 0.15) is 31.0 Å². The van der Waals surface area contributed by atoms with Crippen molar-refractivity contribution >= 4 is 11.9 Å². The zero-order valence-electron chi connectivity index (χ0n) is 33.1. The molecule has 6 atom stereocenters. The van der Waals surface area contributed by atoms with Crippen molar-refractivity contribution in [3.05, 3.63) is 109 Å². The highest BCUT2D eigenvalue weighted by Gasteiger charge is 2.44. The lowest BCUT2D eigenvalue weighted by molar-refractivity contribution is -0.305. The molecule has 55 heavy (non-hydrogen) atoms. The molecule has 0 aromatic rings. The van der Waals surface area contributed by atoms with Gasteiger partial charge in [0.15, 0.2) is 12.4 Å². The molecule has 0 aromatic heterocycles. The van der Waals surface area contributed by atoms with Crippen LogP contribution in [0.2, 0.25) is 0 Å². The molecule has 4 N–H and O–H groups in total. The van der Waals surface area contributed by atoms with Crippen molar-refractivity contribution in [2.75, 3.05) is 19.8 Å². The van der Waals surface area contributed by atoms with Crippen LogP contribution in [0.5, 0.6) is 0 Å². The van der Waals surface area contributed by atoms with Crippen molar-refractivity contribution in [3.8, 4) is 0 Å². The first-order valence-electron chi connectivity index (χ1n) is 20.0. The molecule has 6 unspecified atom stereocenters. The molecule has 0 aliphatic carbocycles. The van der Waals surface area contributed by atoms with E-state index in [1.54, 1.807) is 6.08 Å². The van der Waals surface area contributed by atoms with Crippen molar-refractivity contribution in [1.82, 2.24) is 0 Å². The summed E-state index contributed by atoms with van der Waals surface area (Å²) in [6.07, 6.45) is 39.8. The van der Waals surface area contributed by atoms with E-state index in [1.165, 1.54) is 0 Å². The van der Waals surface area contributed by atoms with Crippen molar-refractivity contribution in [2.24, 2.45) is 0 Å². The average molecular weight is 769 g/mol. The first-order chi connectivity index (χ1) is 26.8. The van der Waals surface area contributed by atoms with Crippen LogP contribution in [-0.4, -0.2) is 89.0 Å². The van der Waals surface area contributed by atoms with Crippen molar-refractivity contribution in [2.45, 2.75) is 141 Å². The van der Waals surface area contributed by atoms with Crippen molar-refractivity contribution < 1.29 is 49.0 Å². The Morgan fingerprint density at radius 1 is 0.582 bits per heavy atom. The van der Waals surface area contributed by atoms with E-state index in [9.17, 15) is 30.0 Å². The van der Waals surface area contributed by atoms with Gasteiger partial charge in [-0.3, -0.25) is 9.59 Å². The summed E-state index contributed by atoms with van der Waals surface area (Å²) in [4.78, 5) is 25.2. The monoisotopic (exact) mass is 768 g/mol. The third kappa shape index (κ3) is 26.7. The fourth-order valence-corrected chi connectivity index (χ4v) is 5.07. The van der Waals surface area contributed by atoms with E-state index in [0.29, 0.717) is 12.8 Å². The number of ether oxygens (including phenoxy) is 4. The molecule has 1 aliphatic rings. The zero-order valence-corrected chi connectivity index (χ0v) is 33.1. The second kappa shape index (κ2) is 34.8. The quantitative estimate of drug-likeness (QED) is 0.0324. The topological polar surface area (TPSA) is 152 Å². The van der Waals surface area contributed by atoms with Crippen LogP contribution in [0.15, 0.2) is 109 Å². The molecule has 0 saturated carbocycles. The Kier molecular flexibility index (Phi) is 31.3. The van der Waals surface area contributed by atoms with E-state index in [-0.39, 0.29) is 26.1 Å². The smallest absolute Gasteiger partial charge is 0.310 e. The number of allylic oxidation sites excluding steroid dienone is 17. The summed E-state index contributed by atoms with van der Waals surface area (Å²) in [7, 11) is 0. The highest BCUT2D eigenvalue weighted by molar-refractivity contribution is 5.71.